The van der Waals surface area contributed by atoms with Crippen molar-refractivity contribution in [3.63, 3.8) is 0 Å². The van der Waals surface area contributed by atoms with Gasteiger partial charge < -0.3 is 14.8 Å². The molecule has 152 valence electrons. The monoisotopic (exact) mass is 407 g/mol. The number of fused-ring (bicyclic) bond motifs is 2. The molecule has 0 heterocycles. The molecule has 7 heteroatoms. The van der Waals surface area contributed by atoms with Gasteiger partial charge in [0.2, 0.25) is 0 Å². The lowest BCUT2D eigenvalue weighted by atomic mass is 9.67. The van der Waals surface area contributed by atoms with Gasteiger partial charge in [0.15, 0.2) is 6.10 Å². The largest absolute Gasteiger partial charge is 0.495 e. The normalized spacial score (nSPS) is 25.0. The Bertz CT molecular complexity index is 777. The van der Waals surface area contributed by atoms with E-state index < -0.39 is 18.0 Å². The van der Waals surface area contributed by atoms with Crippen molar-refractivity contribution in [1.82, 2.24) is 0 Å². The molecule has 2 aliphatic carbocycles. The van der Waals surface area contributed by atoms with Gasteiger partial charge in [-0.1, -0.05) is 18.0 Å². The highest BCUT2D eigenvalue weighted by atomic mass is 35.5. The molecule has 2 fully saturated rings. The first-order valence-electron chi connectivity index (χ1n) is 9.69. The third-order valence-corrected chi connectivity index (χ3v) is 6.19. The summed E-state index contributed by atoms with van der Waals surface area (Å²) in [5.41, 5.74) is 1.26. The number of Topliss-reactive ketones (excluding diaryl/α,β-unsaturated/α-hetero) is 1. The number of carbonyl (C=O) groups excluding carboxylic acids is 3. The Kier molecular flexibility index (Phi) is 6.28. The maximum Gasteiger partial charge on any atom is 0.309 e. The van der Waals surface area contributed by atoms with Crippen molar-refractivity contribution < 1.29 is 23.9 Å². The maximum atomic E-state index is 12.6. The molecule has 28 heavy (non-hydrogen) atoms. The highest BCUT2D eigenvalue weighted by Gasteiger charge is 2.42. The lowest BCUT2D eigenvalue weighted by Crippen LogP contribution is -2.41. The molecule has 1 N–H and O–H groups in total. The molecule has 6 nitrogen and oxygen atoms in total. The highest BCUT2D eigenvalue weighted by Crippen LogP contribution is 2.40. The second-order valence-electron chi connectivity index (χ2n) is 7.77. The van der Waals surface area contributed by atoms with Crippen LogP contribution >= 0.6 is 11.6 Å². The van der Waals surface area contributed by atoms with Crippen LogP contribution in [0.25, 0.3) is 0 Å². The van der Waals surface area contributed by atoms with Crippen LogP contribution < -0.4 is 10.1 Å². The SMILES string of the molecule is COc1cc(Cl)c(C)cc1NC(=O)[C@@H](C)OC(=O)C1C[C@H]2CCC[C@@H](C1)C2=O. The molecular formula is C21H26ClNO5. The van der Waals surface area contributed by atoms with Crippen molar-refractivity contribution in [3.8, 4) is 5.75 Å². The second-order valence-corrected chi connectivity index (χ2v) is 8.17. The van der Waals surface area contributed by atoms with E-state index >= 15 is 0 Å². The van der Waals surface area contributed by atoms with Gasteiger partial charge in [-0.2, -0.15) is 0 Å². The number of ketones is 1. The average molecular weight is 408 g/mol. The number of anilines is 1. The minimum atomic E-state index is -0.953. The molecule has 2 aliphatic rings. The Hall–Kier alpha value is -2.08. The zero-order valence-electron chi connectivity index (χ0n) is 16.4. The van der Waals surface area contributed by atoms with Crippen LogP contribution in [0, 0.1) is 24.7 Å². The quantitative estimate of drug-likeness (QED) is 0.748. The van der Waals surface area contributed by atoms with Gasteiger partial charge in [0.05, 0.1) is 18.7 Å². The number of methoxy groups -OCH3 is 1. The summed E-state index contributed by atoms with van der Waals surface area (Å²) in [6.07, 6.45) is 2.87. The van der Waals surface area contributed by atoms with Gasteiger partial charge in [-0.25, -0.2) is 0 Å². The van der Waals surface area contributed by atoms with Crippen LogP contribution in [0.2, 0.25) is 5.02 Å². The number of carbonyl (C=O) groups is 3. The smallest absolute Gasteiger partial charge is 0.309 e. The molecule has 1 aromatic rings. The molecule has 0 spiro atoms. The summed E-state index contributed by atoms with van der Waals surface area (Å²) in [5, 5.41) is 3.26. The zero-order valence-corrected chi connectivity index (χ0v) is 17.2. The van der Waals surface area contributed by atoms with Gasteiger partial charge in [-0.3, -0.25) is 14.4 Å². The first-order chi connectivity index (χ1) is 13.3. The number of hydrogen-bond donors (Lipinski definition) is 1. The Labute approximate surface area is 169 Å². The Morgan fingerprint density at radius 1 is 1.21 bits per heavy atom. The summed E-state index contributed by atoms with van der Waals surface area (Å²) in [5.74, 6) is -0.485. The van der Waals surface area contributed by atoms with Gasteiger partial charge in [0.25, 0.3) is 5.91 Å². The Morgan fingerprint density at radius 3 is 2.46 bits per heavy atom. The third kappa shape index (κ3) is 4.32. The van der Waals surface area contributed by atoms with Crippen LogP contribution in [-0.4, -0.2) is 30.9 Å². The van der Waals surface area contributed by atoms with Crippen LogP contribution in [0.3, 0.4) is 0 Å². The molecule has 1 unspecified atom stereocenters. The molecule has 4 atom stereocenters. The summed E-state index contributed by atoms with van der Waals surface area (Å²) < 4.78 is 10.7. The Morgan fingerprint density at radius 2 is 1.86 bits per heavy atom. The number of nitrogens with one attached hydrogen (secondary N) is 1. The fourth-order valence-electron chi connectivity index (χ4n) is 4.16. The number of hydrogen-bond acceptors (Lipinski definition) is 5. The molecule has 3 rings (SSSR count). The summed E-state index contributed by atoms with van der Waals surface area (Å²) in [6, 6.07) is 3.34. The van der Waals surface area contributed by atoms with E-state index in [1.54, 1.807) is 12.1 Å². The third-order valence-electron chi connectivity index (χ3n) is 5.78. The van der Waals surface area contributed by atoms with Crippen LogP contribution in [0.5, 0.6) is 5.75 Å². The second kappa shape index (κ2) is 8.52. The maximum absolute atomic E-state index is 12.6. The van der Waals surface area contributed by atoms with Gasteiger partial charge in [-0.05, 0) is 51.2 Å². The fraction of sp³-hybridized carbons (Fsp3) is 0.571. The molecule has 0 saturated heterocycles. The molecule has 1 amide bonds. The van der Waals surface area contributed by atoms with E-state index in [1.165, 1.54) is 14.0 Å². The van der Waals surface area contributed by atoms with E-state index in [9.17, 15) is 14.4 Å². The number of esters is 1. The number of ether oxygens (including phenoxy) is 2. The van der Waals surface area contributed by atoms with E-state index in [4.69, 9.17) is 21.1 Å². The van der Waals surface area contributed by atoms with Crippen LogP contribution in [-0.2, 0) is 19.1 Å². The van der Waals surface area contributed by atoms with Crippen molar-refractivity contribution in [1.29, 1.82) is 0 Å². The van der Waals surface area contributed by atoms with E-state index in [1.807, 2.05) is 6.92 Å². The minimum absolute atomic E-state index is 0.0320. The van der Waals surface area contributed by atoms with Crippen LogP contribution in [0.1, 0.15) is 44.6 Å². The molecular weight excluding hydrogens is 382 g/mol. The number of benzene rings is 1. The van der Waals surface area contributed by atoms with Crippen molar-refractivity contribution in [3.05, 3.63) is 22.7 Å². The molecule has 1 aromatic carbocycles. The van der Waals surface area contributed by atoms with Gasteiger partial charge in [0, 0.05) is 22.9 Å². The van der Waals surface area contributed by atoms with E-state index in [2.05, 4.69) is 5.32 Å². The molecule has 2 saturated carbocycles. The van der Waals surface area contributed by atoms with E-state index in [0.29, 0.717) is 35.1 Å². The molecule has 0 aromatic heterocycles. The highest BCUT2D eigenvalue weighted by molar-refractivity contribution is 6.31. The van der Waals surface area contributed by atoms with E-state index in [0.717, 1.165) is 24.8 Å². The fourth-order valence-corrected chi connectivity index (χ4v) is 4.31. The minimum Gasteiger partial charge on any atom is -0.495 e. The van der Waals surface area contributed by atoms with E-state index in [-0.39, 0.29) is 17.8 Å². The lowest BCUT2D eigenvalue weighted by Gasteiger charge is -2.36. The number of amides is 1. The molecule has 0 radical (unpaired) electrons. The predicted molar refractivity (Wildman–Crippen MR) is 105 cm³/mol. The van der Waals surface area contributed by atoms with Crippen LogP contribution in [0.15, 0.2) is 12.1 Å². The van der Waals surface area contributed by atoms with Crippen molar-refractivity contribution >= 4 is 34.9 Å². The summed E-state index contributed by atoms with van der Waals surface area (Å²) in [4.78, 5) is 37.3. The van der Waals surface area contributed by atoms with Gasteiger partial charge in [-0.15, -0.1) is 0 Å². The van der Waals surface area contributed by atoms with Crippen molar-refractivity contribution in [2.75, 3.05) is 12.4 Å². The van der Waals surface area contributed by atoms with Crippen molar-refractivity contribution in [2.24, 2.45) is 17.8 Å². The number of halogens is 1. The predicted octanol–water partition coefficient (Wildman–Crippen LogP) is 3.92. The van der Waals surface area contributed by atoms with Crippen molar-refractivity contribution in [2.45, 2.75) is 52.1 Å². The topological polar surface area (TPSA) is 81.7 Å². The summed E-state index contributed by atoms with van der Waals surface area (Å²) in [7, 11) is 1.49. The first kappa shape index (κ1) is 20.6. The Balaban J connectivity index is 1.61. The lowest BCUT2D eigenvalue weighted by molar-refractivity contribution is -0.161. The molecule has 2 bridgehead atoms. The number of aryl methyl sites for hydroxylation is 1. The number of rotatable bonds is 5. The average Bonchev–Trinajstić information content (AvgIpc) is 2.64. The van der Waals surface area contributed by atoms with Gasteiger partial charge >= 0.3 is 5.97 Å². The van der Waals surface area contributed by atoms with Crippen LogP contribution in [0.4, 0.5) is 5.69 Å². The zero-order chi connectivity index (χ0) is 20.4. The standard InChI is InChI=1S/C21H26ClNO5/c1-11-7-17(18(27-3)10-16(11)22)23-20(25)12(2)28-21(26)15-8-13-5-4-6-14(9-15)19(13)24/h7,10,12-15H,4-6,8-9H2,1-3H3,(H,23,25)/t12-,13-,14+,15?/m1/s1. The summed E-state index contributed by atoms with van der Waals surface area (Å²) in [6.45, 7) is 3.36. The summed E-state index contributed by atoms with van der Waals surface area (Å²) >= 11 is 6.08. The molecule has 0 aliphatic heterocycles. The first-order valence-corrected chi connectivity index (χ1v) is 10.1. The van der Waals surface area contributed by atoms with Gasteiger partial charge in [0.1, 0.15) is 11.5 Å².